The van der Waals surface area contributed by atoms with Crippen molar-refractivity contribution in [1.82, 2.24) is 15.5 Å². The van der Waals surface area contributed by atoms with E-state index in [9.17, 15) is 24.0 Å². The van der Waals surface area contributed by atoms with Gasteiger partial charge in [-0.05, 0) is 18.9 Å². The molecule has 2 aliphatic rings. The van der Waals surface area contributed by atoms with Crippen molar-refractivity contribution in [2.45, 2.75) is 91.4 Å². The lowest BCUT2D eigenvalue weighted by Gasteiger charge is -2.28. The van der Waals surface area contributed by atoms with Crippen LogP contribution in [0.15, 0.2) is 58.8 Å². The van der Waals surface area contributed by atoms with Gasteiger partial charge < -0.3 is 41.4 Å². The molecule has 0 radical (unpaired) electrons. The number of oxime groups is 2. The molecule has 2 aromatic rings. The number of nitrogen functional groups attached to an aromatic ring is 2. The highest BCUT2D eigenvalue weighted by molar-refractivity contribution is 6.06. The third-order valence-electron chi connectivity index (χ3n) is 9.94. The number of unbranched alkanes of at least 4 members (excludes halogenated alkanes) is 1. The fourth-order valence-electron chi connectivity index (χ4n) is 5.98. The van der Waals surface area contributed by atoms with E-state index in [1.807, 2.05) is 39.8 Å². The molecular formula is C41H57N9O8. The molecule has 0 fully saturated rings. The molecule has 4 rings (SSSR count). The molecule has 0 spiro atoms. The number of Topliss-reactive ketones (excluding diaryl/α,β-unsaturated/α-hetero) is 1. The fraction of sp³-hybridized carbons (Fsp3) is 0.488. The van der Waals surface area contributed by atoms with Gasteiger partial charge in [-0.1, -0.05) is 93.0 Å². The Balaban J connectivity index is 0.000000313. The van der Waals surface area contributed by atoms with Crippen LogP contribution in [-0.2, 0) is 38.4 Å². The van der Waals surface area contributed by atoms with E-state index in [1.165, 1.54) is 14.0 Å². The number of carbonyl (C=O) groups excluding carboxylic acids is 5. The maximum absolute atomic E-state index is 12.6. The van der Waals surface area contributed by atoms with Gasteiger partial charge in [-0.2, -0.15) is 0 Å². The Kier molecular flexibility index (Phi) is 17.1. The predicted octanol–water partition coefficient (Wildman–Crippen LogP) is 2.99. The molecule has 8 N–H and O–H groups in total. The summed E-state index contributed by atoms with van der Waals surface area (Å²) in [5, 5.41) is 28.4. The Morgan fingerprint density at radius 3 is 2.05 bits per heavy atom. The zero-order chi connectivity index (χ0) is 43.2. The summed E-state index contributed by atoms with van der Waals surface area (Å²) in [6.07, 6.45) is 1.75. The first-order chi connectivity index (χ1) is 27.4. The Labute approximate surface area is 339 Å². The van der Waals surface area contributed by atoms with E-state index in [-0.39, 0.29) is 66.6 Å². The summed E-state index contributed by atoms with van der Waals surface area (Å²) in [5.74, 6) is -1.43. The third kappa shape index (κ3) is 13.2. The Morgan fingerprint density at radius 1 is 0.931 bits per heavy atom. The standard InChI is InChI=1S/C21H29N5O5.C20H28N4O3/c1-3-4-5-18(27)25-17(21(29)30-2)12-24-19(28)11-15-10-16(26-31-15)13-6-8-14(9-7-13)20(22)23;1-12(13(2)25)11-24(5)17(26)10-16-20(3,4)18(23-27-16)14-6-8-15(9-7-14)19(21)22/h6-9,15,17H,3-5,10-12H2,1-2H3,(H3,22,23)(H,24,28)(H,25,27);6-9,12,16H,10-11H2,1-5H3,(H3,21,22)/t15-,17?;/m1./s1. The number of carbonyl (C=O) groups is 5. The van der Waals surface area contributed by atoms with E-state index >= 15 is 0 Å². The summed E-state index contributed by atoms with van der Waals surface area (Å²) >= 11 is 0. The summed E-state index contributed by atoms with van der Waals surface area (Å²) < 4.78 is 4.70. The number of nitrogens with zero attached hydrogens (tertiary/aromatic N) is 3. The van der Waals surface area contributed by atoms with Crippen LogP contribution in [0.3, 0.4) is 0 Å². The predicted molar refractivity (Wildman–Crippen MR) is 219 cm³/mol. The van der Waals surface area contributed by atoms with Crippen molar-refractivity contribution in [2.24, 2.45) is 33.1 Å². The number of amides is 3. The van der Waals surface area contributed by atoms with Crippen molar-refractivity contribution in [3.05, 3.63) is 70.8 Å². The monoisotopic (exact) mass is 803 g/mol. The first kappa shape index (κ1) is 46.3. The maximum Gasteiger partial charge on any atom is 0.330 e. The SMILES string of the molecule is CC(=O)C(C)CN(C)C(=O)CC1ON=C(c2ccc(C(=N)N)cc2)C1(C)C.CCCCC(=O)NC(CNC(=O)C[C@H]1CC(c2ccc(C(=N)N)cc2)=NO1)C(=O)OC. The second-order valence-electron chi connectivity index (χ2n) is 15.0. The molecule has 2 aromatic carbocycles. The van der Waals surface area contributed by atoms with Crippen molar-refractivity contribution in [1.29, 1.82) is 10.8 Å². The average Bonchev–Trinajstić information content (AvgIpc) is 3.77. The van der Waals surface area contributed by atoms with Crippen molar-refractivity contribution in [2.75, 3.05) is 27.2 Å². The van der Waals surface area contributed by atoms with Gasteiger partial charge in [0.05, 0.1) is 36.8 Å². The van der Waals surface area contributed by atoms with Gasteiger partial charge in [0, 0.05) is 55.6 Å². The molecule has 0 aromatic heterocycles. The summed E-state index contributed by atoms with van der Waals surface area (Å²) in [7, 11) is 2.93. The minimum absolute atomic E-state index is 0.0109. The number of amidine groups is 2. The number of rotatable bonds is 18. The zero-order valence-corrected chi connectivity index (χ0v) is 34.3. The van der Waals surface area contributed by atoms with E-state index in [4.69, 9.17) is 36.7 Å². The number of hydrogen-bond acceptors (Lipinski definition) is 12. The van der Waals surface area contributed by atoms with Gasteiger partial charge in [-0.25, -0.2) is 4.79 Å². The first-order valence-electron chi connectivity index (χ1n) is 19.1. The Morgan fingerprint density at radius 2 is 1.52 bits per heavy atom. The van der Waals surface area contributed by atoms with E-state index < -0.39 is 23.5 Å². The highest BCUT2D eigenvalue weighted by Gasteiger charge is 2.44. The van der Waals surface area contributed by atoms with Gasteiger partial charge >= 0.3 is 5.97 Å². The molecule has 3 amide bonds. The van der Waals surface area contributed by atoms with Crippen molar-refractivity contribution < 1.29 is 38.4 Å². The molecule has 0 aliphatic carbocycles. The fourth-order valence-corrected chi connectivity index (χ4v) is 5.98. The average molecular weight is 804 g/mol. The number of benzene rings is 2. The van der Waals surface area contributed by atoms with Gasteiger partial charge in [0.25, 0.3) is 0 Å². The van der Waals surface area contributed by atoms with Gasteiger partial charge in [0.15, 0.2) is 0 Å². The Bertz CT molecular complexity index is 1880. The molecular weight excluding hydrogens is 747 g/mol. The summed E-state index contributed by atoms with van der Waals surface area (Å²) in [4.78, 5) is 72.6. The molecule has 4 atom stereocenters. The van der Waals surface area contributed by atoms with Crippen LogP contribution in [-0.4, -0.2) is 103 Å². The number of ketones is 1. The number of hydrogen-bond donors (Lipinski definition) is 6. The third-order valence-corrected chi connectivity index (χ3v) is 9.94. The number of methoxy groups -OCH3 is 1. The van der Waals surface area contributed by atoms with Crippen LogP contribution in [0.1, 0.15) is 95.4 Å². The lowest BCUT2D eigenvalue weighted by molar-refractivity contribution is -0.145. The van der Waals surface area contributed by atoms with Crippen LogP contribution in [0.4, 0.5) is 0 Å². The van der Waals surface area contributed by atoms with E-state index in [0.717, 1.165) is 23.3 Å². The van der Waals surface area contributed by atoms with Crippen LogP contribution in [0.2, 0.25) is 0 Å². The number of esters is 1. The van der Waals surface area contributed by atoms with Gasteiger partial charge in [0.2, 0.25) is 17.7 Å². The molecule has 0 saturated heterocycles. The first-order valence-corrected chi connectivity index (χ1v) is 19.1. The van der Waals surface area contributed by atoms with Crippen LogP contribution < -0.4 is 22.1 Å². The van der Waals surface area contributed by atoms with E-state index in [2.05, 4.69) is 20.9 Å². The maximum atomic E-state index is 12.6. The number of nitrogens with two attached hydrogens (primary N) is 2. The topological polar surface area (TPSA) is 265 Å². The second-order valence-corrected chi connectivity index (χ2v) is 15.0. The van der Waals surface area contributed by atoms with Crippen LogP contribution >= 0.6 is 0 Å². The largest absolute Gasteiger partial charge is 0.467 e. The number of ether oxygens (including phenoxy) is 1. The molecule has 2 heterocycles. The molecule has 0 saturated carbocycles. The van der Waals surface area contributed by atoms with Crippen molar-refractivity contribution in [3.8, 4) is 0 Å². The lowest BCUT2D eigenvalue weighted by atomic mass is 9.78. The van der Waals surface area contributed by atoms with Crippen LogP contribution in [0.5, 0.6) is 0 Å². The molecule has 3 unspecified atom stereocenters. The summed E-state index contributed by atoms with van der Waals surface area (Å²) in [6, 6.07) is 13.3. The van der Waals surface area contributed by atoms with Crippen LogP contribution in [0, 0.1) is 22.2 Å². The molecule has 2 aliphatic heterocycles. The van der Waals surface area contributed by atoms with E-state index in [0.29, 0.717) is 42.6 Å². The summed E-state index contributed by atoms with van der Waals surface area (Å²) in [5.41, 5.74) is 14.9. The zero-order valence-electron chi connectivity index (χ0n) is 34.3. The smallest absolute Gasteiger partial charge is 0.330 e. The van der Waals surface area contributed by atoms with E-state index in [1.54, 1.807) is 48.3 Å². The molecule has 17 heteroatoms. The minimum atomic E-state index is -0.950. The minimum Gasteiger partial charge on any atom is -0.467 e. The lowest BCUT2D eigenvalue weighted by Crippen LogP contribution is -2.49. The molecule has 314 valence electrons. The highest BCUT2D eigenvalue weighted by atomic mass is 16.6. The molecule has 58 heavy (non-hydrogen) atoms. The van der Waals surface area contributed by atoms with Crippen LogP contribution in [0.25, 0.3) is 0 Å². The van der Waals surface area contributed by atoms with Gasteiger partial charge in [0.1, 0.15) is 35.7 Å². The van der Waals surface area contributed by atoms with Crippen molar-refractivity contribution >= 4 is 52.6 Å². The van der Waals surface area contributed by atoms with Gasteiger partial charge in [-0.3, -0.25) is 30.0 Å². The second kappa shape index (κ2) is 21.4. The van der Waals surface area contributed by atoms with Gasteiger partial charge in [-0.15, -0.1) is 0 Å². The Hall–Kier alpha value is -6.13. The quantitative estimate of drug-likeness (QED) is 0.0729. The molecule has 17 nitrogen and oxygen atoms in total. The van der Waals surface area contributed by atoms with Crippen molar-refractivity contribution in [3.63, 3.8) is 0 Å². The molecule has 0 bridgehead atoms. The normalized spacial score (nSPS) is 17.4. The highest BCUT2D eigenvalue weighted by Crippen LogP contribution is 2.37. The summed E-state index contributed by atoms with van der Waals surface area (Å²) in [6.45, 7) is 9.62. The number of nitrogens with one attached hydrogen (secondary N) is 4.